The summed E-state index contributed by atoms with van der Waals surface area (Å²) < 4.78 is 22.4. The lowest BCUT2D eigenvalue weighted by molar-refractivity contribution is 0.107. The molecule has 1 aromatic carbocycles. The van der Waals surface area contributed by atoms with E-state index in [-0.39, 0.29) is 46.2 Å². The molecule has 0 aliphatic carbocycles. The Hall–Kier alpha value is -3.73. The first-order chi connectivity index (χ1) is 18.9. The van der Waals surface area contributed by atoms with E-state index in [1.807, 2.05) is 4.90 Å². The fourth-order valence-corrected chi connectivity index (χ4v) is 7.24. The van der Waals surface area contributed by atoms with Crippen LogP contribution in [-0.4, -0.2) is 91.5 Å². The standard InChI is InChI=1S/C28H31FN6O4/c29-22-23(19-5-1-2-6-21(19)36)30-13-20-24(22)31-26(39-16-28-9-3-11-34(28)12-4-10-28)32-25(20)33-14-17-7-8-18(15-33)35(17)27(37)38/h1-2,5-6,13,17-18,36H,3-4,7-12,14-16H2,(H,37,38). The van der Waals surface area contributed by atoms with Gasteiger partial charge in [-0.05, 0) is 63.7 Å². The summed E-state index contributed by atoms with van der Waals surface area (Å²) in [4.78, 5) is 31.6. The summed E-state index contributed by atoms with van der Waals surface area (Å²) in [5.41, 5.74) is 0.327. The van der Waals surface area contributed by atoms with Gasteiger partial charge in [0.15, 0.2) is 5.82 Å². The number of carboxylic acid groups (broad SMARTS) is 1. The molecule has 11 heteroatoms. The van der Waals surface area contributed by atoms with Crippen LogP contribution in [0.4, 0.5) is 15.0 Å². The Bertz CT molecular complexity index is 1430. The van der Waals surface area contributed by atoms with Crippen molar-refractivity contribution in [3.05, 3.63) is 36.3 Å². The van der Waals surface area contributed by atoms with Crippen molar-refractivity contribution in [1.29, 1.82) is 0 Å². The maximum absolute atomic E-state index is 16.1. The maximum atomic E-state index is 16.1. The molecule has 3 aromatic rings. The molecule has 6 heterocycles. The number of amides is 1. The van der Waals surface area contributed by atoms with Crippen molar-refractivity contribution in [3.8, 4) is 23.0 Å². The largest absolute Gasteiger partial charge is 0.507 e. The second kappa shape index (κ2) is 9.18. The summed E-state index contributed by atoms with van der Waals surface area (Å²) in [7, 11) is 0. The van der Waals surface area contributed by atoms with Crippen molar-refractivity contribution in [2.75, 3.05) is 37.7 Å². The highest BCUT2D eigenvalue weighted by Gasteiger charge is 2.46. The number of nitrogens with zero attached hydrogens (tertiary/aromatic N) is 6. The first kappa shape index (κ1) is 24.3. The van der Waals surface area contributed by atoms with E-state index in [1.165, 1.54) is 6.07 Å². The third-order valence-corrected chi connectivity index (χ3v) is 9.09. The van der Waals surface area contributed by atoms with Crippen molar-refractivity contribution in [2.45, 2.75) is 56.1 Å². The number of hydrogen-bond donors (Lipinski definition) is 2. The molecule has 0 radical (unpaired) electrons. The zero-order chi connectivity index (χ0) is 26.7. The van der Waals surface area contributed by atoms with Crippen LogP contribution in [0.15, 0.2) is 30.5 Å². The van der Waals surface area contributed by atoms with Crippen molar-refractivity contribution >= 4 is 22.8 Å². The third kappa shape index (κ3) is 3.93. The van der Waals surface area contributed by atoms with Crippen molar-refractivity contribution in [3.63, 3.8) is 0 Å². The van der Waals surface area contributed by atoms with Gasteiger partial charge in [-0.1, -0.05) is 12.1 Å². The number of halogens is 1. The monoisotopic (exact) mass is 534 g/mol. The number of piperazine rings is 1. The molecular formula is C28H31FN6O4. The van der Waals surface area contributed by atoms with Gasteiger partial charge < -0.3 is 19.8 Å². The number of aromatic nitrogens is 3. The first-order valence-electron chi connectivity index (χ1n) is 13.7. The quantitative estimate of drug-likeness (QED) is 0.503. The number of benzene rings is 1. The van der Waals surface area contributed by atoms with E-state index in [1.54, 1.807) is 29.3 Å². The van der Waals surface area contributed by atoms with Crippen LogP contribution in [0.5, 0.6) is 11.8 Å². The zero-order valence-corrected chi connectivity index (χ0v) is 21.6. The number of phenolic OH excluding ortho intramolecular Hbond substituents is 1. The molecule has 2 unspecified atom stereocenters. The van der Waals surface area contributed by atoms with Crippen LogP contribution in [0.25, 0.3) is 22.2 Å². The van der Waals surface area contributed by atoms with E-state index >= 15 is 4.39 Å². The molecule has 2 bridgehead atoms. The molecule has 204 valence electrons. The number of rotatable bonds is 5. The number of fused-ring (bicyclic) bond motifs is 4. The molecule has 4 aliphatic heterocycles. The maximum Gasteiger partial charge on any atom is 0.407 e. The number of anilines is 1. The Balaban J connectivity index is 1.30. The molecule has 4 fully saturated rings. The summed E-state index contributed by atoms with van der Waals surface area (Å²) >= 11 is 0. The molecule has 7 rings (SSSR count). The minimum absolute atomic E-state index is 0.00307. The smallest absolute Gasteiger partial charge is 0.407 e. The van der Waals surface area contributed by atoms with Crippen LogP contribution in [0.2, 0.25) is 0 Å². The lowest BCUT2D eigenvalue weighted by Gasteiger charge is -2.40. The summed E-state index contributed by atoms with van der Waals surface area (Å²) in [6.45, 7) is 3.47. The van der Waals surface area contributed by atoms with Crippen LogP contribution in [-0.2, 0) is 0 Å². The zero-order valence-electron chi connectivity index (χ0n) is 21.6. The average molecular weight is 535 g/mol. The van der Waals surface area contributed by atoms with Crippen LogP contribution >= 0.6 is 0 Å². The van der Waals surface area contributed by atoms with Crippen LogP contribution in [0.3, 0.4) is 0 Å². The number of pyridine rings is 1. The summed E-state index contributed by atoms with van der Waals surface area (Å²) in [6, 6.07) is 6.29. The van der Waals surface area contributed by atoms with E-state index in [0.29, 0.717) is 30.9 Å². The number of ether oxygens (including phenoxy) is 1. The Labute approximate surface area is 225 Å². The Morgan fingerprint density at radius 3 is 2.51 bits per heavy atom. The predicted molar refractivity (Wildman–Crippen MR) is 142 cm³/mol. The van der Waals surface area contributed by atoms with Crippen LogP contribution in [0, 0.1) is 5.82 Å². The van der Waals surface area contributed by atoms with Gasteiger partial charge in [0.2, 0.25) is 0 Å². The van der Waals surface area contributed by atoms with Gasteiger partial charge in [-0.3, -0.25) is 14.8 Å². The molecule has 2 aromatic heterocycles. The van der Waals surface area contributed by atoms with Gasteiger partial charge in [-0.15, -0.1) is 0 Å². The van der Waals surface area contributed by atoms with E-state index < -0.39 is 11.9 Å². The van der Waals surface area contributed by atoms with E-state index in [0.717, 1.165) is 51.6 Å². The topological polar surface area (TPSA) is 115 Å². The van der Waals surface area contributed by atoms with Gasteiger partial charge in [0.1, 0.15) is 29.4 Å². The van der Waals surface area contributed by atoms with E-state index in [2.05, 4.69) is 14.9 Å². The van der Waals surface area contributed by atoms with Gasteiger partial charge in [0.05, 0.1) is 23.0 Å². The molecule has 0 saturated carbocycles. The van der Waals surface area contributed by atoms with Gasteiger partial charge >= 0.3 is 12.1 Å². The minimum atomic E-state index is -0.907. The third-order valence-electron chi connectivity index (χ3n) is 9.09. The van der Waals surface area contributed by atoms with Gasteiger partial charge in [0.25, 0.3) is 0 Å². The number of aromatic hydroxyl groups is 1. The van der Waals surface area contributed by atoms with E-state index in [4.69, 9.17) is 9.72 Å². The second-order valence-electron chi connectivity index (χ2n) is 11.2. The van der Waals surface area contributed by atoms with Gasteiger partial charge in [0, 0.05) is 24.8 Å². The molecule has 4 aliphatic rings. The number of carbonyl (C=O) groups is 1. The average Bonchev–Trinajstić information content (AvgIpc) is 3.59. The SMILES string of the molecule is O=C(O)N1C2CCC1CN(c1nc(OCC34CCCN3CCC4)nc3c(F)c(-c4ccccc4O)ncc13)C2. The van der Waals surface area contributed by atoms with Crippen molar-refractivity contribution < 1.29 is 24.1 Å². The fourth-order valence-electron chi connectivity index (χ4n) is 7.24. The molecule has 0 spiro atoms. The van der Waals surface area contributed by atoms with Gasteiger partial charge in [-0.2, -0.15) is 9.97 Å². The Morgan fingerprint density at radius 1 is 1.10 bits per heavy atom. The number of hydrogen-bond acceptors (Lipinski definition) is 8. The van der Waals surface area contributed by atoms with Crippen LogP contribution < -0.4 is 9.64 Å². The van der Waals surface area contributed by atoms with Crippen molar-refractivity contribution in [1.82, 2.24) is 24.8 Å². The molecule has 1 amide bonds. The first-order valence-corrected chi connectivity index (χ1v) is 13.7. The molecule has 2 atom stereocenters. The highest BCUT2D eigenvalue weighted by molar-refractivity contribution is 5.92. The molecular weight excluding hydrogens is 503 g/mol. The lowest BCUT2D eigenvalue weighted by Crippen LogP contribution is -2.55. The second-order valence-corrected chi connectivity index (χ2v) is 11.2. The molecule has 4 saturated heterocycles. The summed E-state index contributed by atoms with van der Waals surface area (Å²) in [5.74, 6) is -0.229. The lowest BCUT2D eigenvalue weighted by atomic mass is 9.95. The van der Waals surface area contributed by atoms with Gasteiger partial charge in [-0.25, -0.2) is 9.18 Å². The number of phenols is 1. The number of para-hydroxylation sites is 1. The molecule has 10 nitrogen and oxygen atoms in total. The summed E-state index contributed by atoms with van der Waals surface area (Å²) in [6.07, 6.45) is 6.58. The van der Waals surface area contributed by atoms with E-state index in [9.17, 15) is 15.0 Å². The van der Waals surface area contributed by atoms with Crippen molar-refractivity contribution in [2.24, 2.45) is 0 Å². The highest BCUT2D eigenvalue weighted by Crippen LogP contribution is 2.41. The molecule has 39 heavy (non-hydrogen) atoms. The normalized spacial score (nSPS) is 23.9. The Kier molecular flexibility index (Phi) is 5.73. The fraction of sp³-hybridized carbons (Fsp3) is 0.500. The minimum Gasteiger partial charge on any atom is -0.507 e. The Morgan fingerprint density at radius 2 is 1.82 bits per heavy atom. The molecule has 2 N–H and O–H groups in total. The highest BCUT2D eigenvalue weighted by atomic mass is 19.1. The van der Waals surface area contributed by atoms with Crippen LogP contribution in [0.1, 0.15) is 38.5 Å². The predicted octanol–water partition coefficient (Wildman–Crippen LogP) is 3.87. The summed E-state index contributed by atoms with van der Waals surface area (Å²) in [5, 5.41) is 20.5.